The summed E-state index contributed by atoms with van der Waals surface area (Å²) in [5.41, 5.74) is 0. The number of aliphatic carboxylic acids is 1. The van der Waals surface area contributed by atoms with Gasteiger partial charge in [0.15, 0.2) is 0 Å². The van der Waals surface area contributed by atoms with E-state index in [9.17, 15) is 4.79 Å². The van der Waals surface area contributed by atoms with Crippen molar-refractivity contribution >= 4 is 17.7 Å². The van der Waals surface area contributed by atoms with Crippen molar-refractivity contribution < 1.29 is 14.3 Å². The fraction of sp³-hybridized carbons (Fsp3) is 0.500. The maximum absolute atomic E-state index is 10.7. The molecular formula is C10H13NO3S. The molecule has 2 rings (SSSR count). The van der Waals surface area contributed by atoms with Gasteiger partial charge in [0.05, 0.1) is 23.2 Å². The molecule has 0 radical (unpaired) electrons. The summed E-state index contributed by atoms with van der Waals surface area (Å²) in [4.78, 5) is 10.7. The second-order valence-electron chi connectivity index (χ2n) is 3.73. The summed E-state index contributed by atoms with van der Waals surface area (Å²) >= 11 is 1.66. The smallest absolute Gasteiger partial charge is 0.304 e. The van der Waals surface area contributed by atoms with Gasteiger partial charge < -0.3 is 14.8 Å². The van der Waals surface area contributed by atoms with E-state index in [-0.39, 0.29) is 11.2 Å². The average Bonchev–Trinajstić information content (AvgIpc) is 2.61. The minimum absolute atomic E-state index is 0.140. The zero-order chi connectivity index (χ0) is 10.7. The van der Waals surface area contributed by atoms with Crippen molar-refractivity contribution in [1.29, 1.82) is 0 Å². The lowest BCUT2D eigenvalue weighted by atomic mass is 9.98. The Hall–Kier alpha value is -0.940. The zero-order valence-electron chi connectivity index (χ0n) is 8.23. The minimum atomic E-state index is -0.733. The number of carbonyl (C=O) groups is 1. The van der Waals surface area contributed by atoms with Crippen LogP contribution < -0.4 is 5.32 Å². The van der Waals surface area contributed by atoms with Gasteiger partial charge in [0.25, 0.3) is 0 Å². The molecule has 1 fully saturated rings. The molecule has 2 heterocycles. The first kappa shape index (κ1) is 10.6. The number of hydrogen-bond acceptors (Lipinski definition) is 4. The van der Waals surface area contributed by atoms with E-state index in [1.165, 1.54) is 0 Å². The van der Waals surface area contributed by atoms with Crippen LogP contribution in [0.5, 0.6) is 0 Å². The summed E-state index contributed by atoms with van der Waals surface area (Å²) in [6.45, 7) is 1.54. The molecule has 1 aromatic heterocycles. The van der Waals surface area contributed by atoms with Gasteiger partial charge in [-0.05, 0) is 12.1 Å². The van der Waals surface area contributed by atoms with E-state index in [0.29, 0.717) is 0 Å². The van der Waals surface area contributed by atoms with Gasteiger partial charge >= 0.3 is 5.97 Å². The van der Waals surface area contributed by atoms with Crippen molar-refractivity contribution in [3.8, 4) is 0 Å². The highest BCUT2D eigenvalue weighted by molar-refractivity contribution is 8.00. The molecule has 5 heteroatoms. The highest BCUT2D eigenvalue weighted by atomic mass is 32.2. The molecule has 82 valence electrons. The first-order valence-corrected chi connectivity index (χ1v) is 5.78. The Kier molecular flexibility index (Phi) is 3.02. The van der Waals surface area contributed by atoms with Crippen molar-refractivity contribution in [2.45, 2.75) is 16.9 Å². The van der Waals surface area contributed by atoms with Crippen molar-refractivity contribution in [2.24, 2.45) is 0 Å². The Morgan fingerprint density at radius 1 is 1.67 bits per heavy atom. The molecule has 0 atom stereocenters. The third-order valence-electron chi connectivity index (χ3n) is 2.47. The number of hydrogen-bond donors (Lipinski definition) is 2. The second-order valence-corrected chi connectivity index (χ2v) is 5.17. The van der Waals surface area contributed by atoms with E-state index in [4.69, 9.17) is 9.52 Å². The van der Waals surface area contributed by atoms with Crippen LogP contribution in [0.15, 0.2) is 22.8 Å². The third kappa shape index (κ3) is 2.54. The number of thioether (sulfide) groups is 1. The molecule has 2 N–H and O–H groups in total. The molecule has 1 aromatic rings. The molecule has 1 aliphatic rings. The molecule has 4 nitrogen and oxygen atoms in total. The molecule has 0 aliphatic carbocycles. The number of furan rings is 1. The van der Waals surface area contributed by atoms with Crippen molar-refractivity contribution in [3.63, 3.8) is 0 Å². The monoisotopic (exact) mass is 227 g/mol. The lowest BCUT2D eigenvalue weighted by Gasteiger charge is -2.40. The molecular weight excluding hydrogens is 214 g/mol. The predicted octanol–water partition coefficient (Wildman–Crippen LogP) is 1.33. The Labute approximate surface area is 92.0 Å². The lowest BCUT2D eigenvalue weighted by Crippen LogP contribution is -2.58. The molecule has 0 spiro atoms. The SMILES string of the molecule is O=C(O)CC1(SCc2ccco2)CNC1. The van der Waals surface area contributed by atoms with Gasteiger partial charge in [0, 0.05) is 13.1 Å². The van der Waals surface area contributed by atoms with E-state index in [1.807, 2.05) is 12.1 Å². The maximum Gasteiger partial charge on any atom is 0.304 e. The summed E-state index contributed by atoms with van der Waals surface area (Å²) in [6.07, 6.45) is 1.85. The predicted molar refractivity (Wildman–Crippen MR) is 57.9 cm³/mol. The van der Waals surface area contributed by atoms with Gasteiger partial charge in [-0.25, -0.2) is 0 Å². The zero-order valence-corrected chi connectivity index (χ0v) is 9.05. The molecule has 1 aliphatic heterocycles. The molecule has 0 bridgehead atoms. The van der Waals surface area contributed by atoms with Crippen LogP contribution in [0.4, 0.5) is 0 Å². The molecule has 0 aromatic carbocycles. The Morgan fingerprint density at radius 3 is 2.93 bits per heavy atom. The van der Waals surface area contributed by atoms with E-state index in [1.54, 1.807) is 18.0 Å². The molecule has 0 amide bonds. The highest BCUT2D eigenvalue weighted by Gasteiger charge is 2.39. The lowest BCUT2D eigenvalue weighted by molar-refractivity contribution is -0.138. The van der Waals surface area contributed by atoms with Gasteiger partial charge in [0.1, 0.15) is 5.76 Å². The normalized spacial score (nSPS) is 18.4. The topological polar surface area (TPSA) is 62.5 Å². The van der Waals surface area contributed by atoms with Crippen molar-refractivity contribution in [3.05, 3.63) is 24.2 Å². The third-order valence-corrected chi connectivity index (χ3v) is 3.94. The first-order chi connectivity index (χ1) is 7.20. The number of carboxylic acid groups (broad SMARTS) is 1. The Morgan fingerprint density at radius 2 is 2.47 bits per heavy atom. The van der Waals surface area contributed by atoms with Gasteiger partial charge in [-0.2, -0.15) is 0 Å². The maximum atomic E-state index is 10.7. The summed E-state index contributed by atoms with van der Waals surface area (Å²) < 4.78 is 5.07. The van der Waals surface area contributed by atoms with Crippen LogP contribution in [0.3, 0.4) is 0 Å². The van der Waals surface area contributed by atoms with Crippen LogP contribution in [0.1, 0.15) is 12.2 Å². The summed E-state index contributed by atoms with van der Waals surface area (Å²) in [5, 5.41) is 11.9. The quantitative estimate of drug-likeness (QED) is 0.794. The number of carboxylic acids is 1. The molecule has 1 saturated heterocycles. The van der Waals surface area contributed by atoms with E-state index < -0.39 is 5.97 Å². The average molecular weight is 227 g/mol. The summed E-state index contributed by atoms with van der Waals surface area (Å²) in [5.74, 6) is 0.905. The van der Waals surface area contributed by atoms with Crippen LogP contribution in [0, 0.1) is 0 Å². The second kappa shape index (κ2) is 4.28. The van der Waals surface area contributed by atoms with E-state index in [0.717, 1.165) is 24.6 Å². The van der Waals surface area contributed by atoms with Gasteiger partial charge in [0.2, 0.25) is 0 Å². The van der Waals surface area contributed by atoms with Crippen LogP contribution in [0.25, 0.3) is 0 Å². The van der Waals surface area contributed by atoms with Crippen molar-refractivity contribution in [2.75, 3.05) is 13.1 Å². The van der Waals surface area contributed by atoms with Crippen LogP contribution in [-0.2, 0) is 10.5 Å². The molecule has 0 saturated carbocycles. The summed E-state index contributed by atoms with van der Waals surface area (Å²) in [7, 11) is 0. The van der Waals surface area contributed by atoms with Crippen molar-refractivity contribution in [1.82, 2.24) is 5.32 Å². The standard InChI is InChI=1S/C10H13NO3S/c12-9(13)4-10(6-11-7-10)15-5-8-2-1-3-14-8/h1-3,11H,4-7H2,(H,12,13). The van der Waals surface area contributed by atoms with Crippen LogP contribution in [-0.4, -0.2) is 28.9 Å². The van der Waals surface area contributed by atoms with Gasteiger partial charge in [-0.15, -0.1) is 11.8 Å². The Bertz CT molecular complexity index is 332. The van der Waals surface area contributed by atoms with Crippen LogP contribution in [0.2, 0.25) is 0 Å². The largest absolute Gasteiger partial charge is 0.481 e. The van der Waals surface area contributed by atoms with Gasteiger partial charge in [-0.1, -0.05) is 0 Å². The van der Waals surface area contributed by atoms with E-state index in [2.05, 4.69) is 5.32 Å². The molecule has 0 unspecified atom stereocenters. The first-order valence-electron chi connectivity index (χ1n) is 4.79. The fourth-order valence-electron chi connectivity index (χ4n) is 1.58. The summed E-state index contributed by atoms with van der Waals surface area (Å²) in [6, 6.07) is 3.76. The minimum Gasteiger partial charge on any atom is -0.481 e. The number of nitrogens with one attached hydrogen (secondary N) is 1. The highest BCUT2D eigenvalue weighted by Crippen LogP contribution is 2.35. The van der Waals surface area contributed by atoms with Crippen LogP contribution >= 0.6 is 11.8 Å². The fourth-order valence-corrected chi connectivity index (χ4v) is 2.82. The van der Waals surface area contributed by atoms with E-state index >= 15 is 0 Å². The number of rotatable bonds is 5. The Balaban J connectivity index is 1.88. The van der Waals surface area contributed by atoms with Gasteiger partial charge in [-0.3, -0.25) is 4.79 Å². The molecule has 15 heavy (non-hydrogen) atoms.